The van der Waals surface area contributed by atoms with E-state index >= 15 is 0 Å². The third-order valence-corrected chi connectivity index (χ3v) is 3.15. The Kier molecular flexibility index (Phi) is 6.32. The molecule has 0 atom stereocenters. The van der Waals surface area contributed by atoms with Crippen LogP contribution in [0, 0.1) is 0 Å². The summed E-state index contributed by atoms with van der Waals surface area (Å²) in [5, 5.41) is 3.56. The maximum absolute atomic E-state index is 5.70. The lowest BCUT2D eigenvalue weighted by molar-refractivity contribution is 0.671. The molecule has 1 nitrogen and oxygen atoms in total. The zero-order valence-electron chi connectivity index (χ0n) is 10.3. The topological polar surface area (TPSA) is 12.0 Å². The van der Waals surface area contributed by atoms with Gasteiger partial charge < -0.3 is 5.32 Å². The standard InChI is InChI=1S/C14H22ClN/c1-3-13(4-2)16-14-9-5-7-12(11-14)8-6-10-15/h5,7,9,11,13,16H,3-4,6,8,10H2,1-2H3. The highest BCUT2D eigenvalue weighted by atomic mass is 35.5. The van der Waals surface area contributed by atoms with Crippen LogP contribution in [-0.2, 0) is 6.42 Å². The Hall–Kier alpha value is -0.690. The number of benzene rings is 1. The van der Waals surface area contributed by atoms with E-state index in [-0.39, 0.29) is 0 Å². The van der Waals surface area contributed by atoms with Crippen LogP contribution in [0.4, 0.5) is 5.69 Å². The van der Waals surface area contributed by atoms with Crippen molar-refractivity contribution in [2.45, 2.75) is 45.6 Å². The van der Waals surface area contributed by atoms with Crippen molar-refractivity contribution in [2.24, 2.45) is 0 Å². The fraction of sp³-hybridized carbons (Fsp3) is 0.571. The zero-order chi connectivity index (χ0) is 11.8. The Morgan fingerprint density at radius 2 is 2.00 bits per heavy atom. The highest BCUT2D eigenvalue weighted by Crippen LogP contribution is 2.15. The van der Waals surface area contributed by atoms with E-state index in [1.165, 1.54) is 24.1 Å². The second-order valence-corrected chi connectivity index (χ2v) is 4.53. The van der Waals surface area contributed by atoms with Crippen molar-refractivity contribution in [1.82, 2.24) is 0 Å². The second kappa shape index (κ2) is 7.56. The van der Waals surface area contributed by atoms with Gasteiger partial charge in [-0.05, 0) is 43.4 Å². The van der Waals surface area contributed by atoms with Gasteiger partial charge in [-0.25, -0.2) is 0 Å². The molecule has 0 radical (unpaired) electrons. The number of aryl methyl sites for hydroxylation is 1. The molecular formula is C14H22ClN. The summed E-state index contributed by atoms with van der Waals surface area (Å²) in [4.78, 5) is 0. The van der Waals surface area contributed by atoms with Gasteiger partial charge in [0.25, 0.3) is 0 Å². The molecular weight excluding hydrogens is 218 g/mol. The van der Waals surface area contributed by atoms with Gasteiger partial charge in [-0.2, -0.15) is 0 Å². The molecule has 0 unspecified atom stereocenters. The van der Waals surface area contributed by atoms with Crippen LogP contribution < -0.4 is 5.32 Å². The average Bonchev–Trinajstić information content (AvgIpc) is 2.34. The molecule has 1 aromatic carbocycles. The molecule has 0 aliphatic carbocycles. The first-order valence-corrected chi connectivity index (χ1v) is 6.75. The Morgan fingerprint density at radius 3 is 2.62 bits per heavy atom. The van der Waals surface area contributed by atoms with E-state index in [1.54, 1.807) is 0 Å². The van der Waals surface area contributed by atoms with E-state index in [1.807, 2.05) is 0 Å². The number of rotatable bonds is 7. The van der Waals surface area contributed by atoms with Crippen molar-refractivity contribution in [1.29, 1.82) is 0 Å². The molecule has 0 aliphatic rings. The first kappa shape index (κ1) is 13.4. The lowest BCUT2D eigenvalue weighted by Gasteiger charge is -2.16. The fourth-order valence-corrected chi connectivity index (χ4v) is 1.95. The first-order valence-electron chi connectivity index (χ1n) is 6.21. The van der Waals surface area contributed by atoms with Gasteiger partial charge in [0.05, 0.1) is 0 Å². The summed E-state index contributed by atoms with van der Waals surface area (Å²) in [7, 11) is 0. The van der Waals surface area contributed by atoms with Gasteiger partial charge in [0.15, 0.2) is 0 Å². The van der Waals surface area contributed by atoms with E-state index in [9.17, 15) is 0 Å². The van der Waals surface area contributed by atoms with Crippen LogP contribution in [0.1, 0.15) is 38.7 Å². The number of alkyl halides is 1. The summed E-state index contributed by atoms with van der Waals surface area (Å²) in [6, 6.07) is 9.26. The molecule has 90 valence electrons. The first-order chi connectivity index (χ1) is 7.80. The third kappa shape index (κ3) is 4.44. The van der Waals surface area contributed by atoms with Crippen LogP contribution in [0.25, 0.3) is 0 Å². The average molecular weight is 240 g/mol. The van der Waals surface area contributed by atoms with Crippen LogP contribution in [0.3, 0.4) is 0 Å². The second-order valence-electron chi connectivity index (χ2n) is 4.15. The summed E-state index contributed by atoms with van der Waals surface area (Å²) in [6.07, 6.45) is 4.46. The molecule has 0 heterocycles. The SMILES string of the molecule is CCC(CC)Nc1cccc(CCCCl)c1. The van der Waals surface area contributed by atoms with Crippen molar-refractivity contribution in [3.8, 4) is 0 Å². The summed E-state index contributed by atoms with van der Waals surface area (Å²) in [5.41, 5.74) is 2.61. The van der Waals surface area contributed by atoms with E-state index in [0.717, 1.165) is 18.7 Å². The van der Waals surface area contributed by atoms with E-state index in [0.29, 0.717) is 6.04 Å². The van der Waals surface area contributed by atoms with Crippen LogP contribution in [0.5, 0.6) is 0 Å². The maximum atomic E-state index is 5.70. The minimum absolute atomic E-state index is 0.586. The highest BCUT2D eigenvalue weighted by Gasteiger charge is 2.03. The van der Waals surface area contributed by atoms with Crippen molar-refractivity contribution < 1.29 is 0 Å². The molecule has 0 saturated heterocycles. The minimum atomic E-state index is 0.586. The van der Waals surface area contributed by atoms with Gasteiger partial charge >= 0.3 is 0 Å². The molecule has 2 heteroatoms. The predicted molar refractivity (Wildman–Crippen MR) is 73.5 cm³/mol. The number of hydrogen-bond donors (Lipinski definition) is 1. The maximum Gasteiger partial charge on any atom is 0.0345 e. The molecule has 0 amide bonds. The van der Waals surface area contributed by atoms with Crippen molar-refractivity contribution in [3.63, 3.8) is 0 Å². The highest BCUT2D eigenvalue weighted by molar-refractivity contribution is 6.17. The molecule has 0 aromatic heterocycles. The number of halogens is 1. The van der Waals surface area contributed by atoms with Crippen molar-refractivity contribution >= 4 is 17.3 Å². The van der Waals surface area contributed by atoms with Gasteiger partial charge in [0.1, 0.15) is 0 Å². The van der Waals surface area contributed by atoms with E-state index < -0.39 is 0 Å². The summed E-state index contributed by atoms with van der Waals surface area (Å²) in [6.45, 7) is 4.44. The summed E-state index contributed by atoms with van der Waals surface area (Å²) in [5.74, 6) is 0.740. The molecule has 1 N–H and O–H groups in total. The zero-order valence-corrected chi connectivity index (χ0v) is 11.1. The fourth-order valence-electron chi connectivity index (χ4n) is 1.82. The van der Waals surface area contributed by atoms with Gasteiger partial charge in [-0.15, -0.1) is 11.6 Å². The Bertz CT molecular complexity index is 295. The number of hydrogen-bond acceptors (Lipinski definition) is 1. The lowest BCUT2D eigenvalue weighted by Crippen LogP contribution is -2.16. The van der Waals surface area contributed by atoms with Crippen molar-refractivity contribution in [2.75, 3.05) is 11.2 Å². The van der Waals surface area contributed by atoms with E-state index in [2.05, 4.69) is 43.4 Å². The van der Waals surface area contributed by atoms with Crippen LogP contribution >= 0.6 is 11.6 Å². The number of anilines is 1. The minimum Gasteiger partial charge on any atom is -0.382 e. The predicted octanol–water partition coefficient (Wildman–Crippen LogP) is 4.46. The smallest absolute Gasteiger partial charge is 0.0345 e. The van der Waals surface area contributed by atoms with Gasteiger partial charge in [0, 0.05) is 17.6 Å². The Balaban J connectivity index is 2.59. The Labute approximate surface area is 104 Å². The molecule has 0 bridgehead atoms. The number of nitrogens with one attached hydrogen (secondary N) is 1. The van der Waals surface area contributed by atoms with Gasteiger partial charge in [0.2, 0.25) is 0 Å². The van der Waals surface area contributed by atoms with Crippen LogP contribution in [-0.4, -0.2) is 11.9 Å². The normalized spacial score (nSPS) is 10.8. The van der Waals surface area contributed by atoms with E-state index in [4.69, 9.17) is 11.6 Å². The molecule has 0 fully saturated rings. The molecule has 0 aliphatic heterocycles. The third-order valence-electron chi connectivity index (χ3n) is 2.88. The largest absolute Gasteiger partial charge is 0.382 e. The molecule has 16 heavy (non-hydrogen) atoms. The summed E-state index contributed by atoms with van der Waals surface area (Å²) >= 11 is 5.70. The van der Waals surface area contributed by atoms with Gasteiger partial charge in [-0.3, -0.25) is 0 Å². The Morgan fingerprint density at radius 1 is 1.25 bits per heavy atom. The monoisotopic (exact) mass is 239 g/mol. The molecule has 0 spiro atoms. The quantitative estimate of drug-likeness (QED) is 0.693. The lowest BCUT2D eigenvalue weighted by atomic mass is 10.1. The molecule has 0 saturated carbocycles. The molecule has 1 rings (SSSR count). The van der Waals surface area contributed by atoms with Crippen LogP contribution in [0.2, 0.25) is 0 Å². The van der Waals surface area contributed by atoms with Crippen LogP contribution in [0.15, 0.2) is 24.3 Å². The molecule has 1 aromatic rings. The van der Waals surface area contributed by atoms with Gasteiger partial charge in [-0.1, -0.05) is 26.0 Å². The summed E-state index contributed by atoms with van der Waals surface area (Å²) < 4.78 is 0. The van der Waals surface area contributed by atoms with Crippen molar-refractivity contribution in [3.05, 3.63) is 29.8 Å².